The van der Waals surface area contributed by atoms with Crippen molar-refractivity contribution in [3.8, 4) is 0 Å². The molecule has 0 rings (SSSR count). The maximum absolute atomic E-state index is 2.29. The van der Waals surface area contributed by atoms with Crippen molar-refractivity contribution < 1.29 is 0 Å². The molecule has 0 atom stereocenters. The van der Waals surface area contributed by atoms with Crippen LogP contribution in [0.25, 0.3) is 0 Å². The molecule has 0 heterocycles. The first-order valence-corrected chi connectivity index (χ1v) is 16.1. The minimum absolute atomic E-state index is 0.583. The topological polar surface area (TPSA) is 0 Å². The van der Waals surface area contributed by atoms with E-state index in [0.29, 0.717) is 17.6 Å². The van der Waals surface area contributed by atoms with E-state index in [1.165, 1.54) is 25.7 Å². The Hall–Kier alpha value is 0.651. The SMILES string of the molecule is CCCCCCCC[SiH2][SiH2][SiH3]. The summed E-state index contributed by atoms with van der Waals surface area (Å²) in [5.41, 5.74) is 0. The molecule has 0 aromatic carbocycles. The molecule has 0 aliphatic rings. The summed E-state index contributed by atoms with van der Waals surface area (Å²) in [6.45, 7) is 2.29. The van der Waals surface area contributed by atoms with Gasteiger partial charge < -0.3 is 0 Å². The minimum Gasteiger partial charge on any atom is -0.0655 e. The number of unbranched alkanes of at least 4 members (excludes halogenated alkanes) is 5. The van der Waals surface area contributed by atoms with Crippen LogP contribution in [0, 0.1) is 0 Å². The highest BCUT2D eigenvalue weighted by Crippen LogP contribution is 2.06. The molecule has 0 spiro atoms. The van der Waals surface area contributed by atoms with Crippen molar-refractivity contribution in [2.45, 2.75) is 51.5 Å². The number of hydrogen-bond acceptors (Lipinski definition) is 0. The fraction of sp³-hybridized carbons (Fsp3) is 1.00. The van der Waals surface area contributed by atoms with Crippen molar-refractivity contribution in [1.82, 2.24) is 0 Å². The fourth-order valence-corrected chi connectivity index (χ4v) is 9.65. The predicted molar refractivity (Wildman–Crippen MR) is 65.2 cm³/mol. The highest BCUT2D eigenvalue weighted by atomic mass is 29.5. The summed E-state index contributed by atoms with van der Waals surface area (Å²) in [5.74, 6) is 0. The molecule has 0 nitrogen and oxygen atoms in total. The molecule has 68 valence electrons. The van der Waals surface area contributed by atoms with Crippen LogP contribution in [-0.2, 0) is 0 Å². The lowest BCUT2D eigenvalue weighted by Crippen LogP contribution is -2.01. The lowest BCUT2D eigenvalue weighted by atomic mass is 10.1. The Morgan fingerprint density at radius 2 is 1.64 bits per heavy atom. The third-order valence-electron chi connectivity index (χ3n) is 2.21. The first kappa shape index (κ1) is 11.7. The first-order valence-electron chi connectivity index (χ1n) is 5.41. The van der Waals surface area contributed by atoms with Crippen molar-refractivity contribution in [3.63, 3.8) is 0 Å². The molecular formula is C8H24Si3. The van der Waals surface area contributed by atoms with Gasteiger partial charge in [-0.05, 0) is 18.3 Å². The summed E-state index contributed by atoms with van der Waals surface area (Å²) in [5, 5.41) is 0. The molecule has 0 aromatic rings. The van der Waals surface area contributed by atoms with Crippen molar-refractivity contribution in [2.24, 2.45) is 0 Å². The molecule has 0 radical (unpaired) electrons. The van der Waals surface area contributed by atoms with Crippen molar-refractivity contribution in [2.75, 3.05) is 0 Å². The highest BCUT2D eigenvalue weighted by Gasteiger charge is 1.89. The van der Waals surface area contributed by atoms with Crippen molar-refractivity contribution >= 4 is 27.4 Å². The molecule has 0 saturated carbocycles. The summed E-state index contributed by atoms with van der Waals surface area (Å²) in [4.78, 5) is 0. The monoisotopic (exact) mass is 204 g/mol. The average molecular weight is 205 g/mol. The Balaban J connectivity index is 2.69. The Morgan fingerprint density at radius 3 is 2.27 bits per heavy atom. The first-order chi connectivity index (χ1) is 5.41. The van der Waals surface area contributed by atoms with E-state index in [0.717, 1.165) is 0 Å². The largest absolute Gasteiger partial charge is 0.0655 e. The van der Waals surface area contributed by atoms with E-state index < -0.39 is 0 Å². The number of hydrogen-bond donors (Lipinski definition) is 0. The molecule has 0 N–H and O–H groups in total. The van der Waals surface area contributed by atoms with E-state index in [-0.39, 0.29) is 0 Å². The zero-order valence-electron chi connectivity index (χ0n) is 8.36. The van der Waals surface area contributed by atoms with Crippen LogP contribution in [0.3, 0.4) is 0 Å². The average Bonchev–Trinajstić information content (AvgIpc) is 2.03. The van der Waals surface area contributed by atoms with E-state index in [4.69, 9.17) is 0 Å². The lowest BCUT2D eigenvalue weighted by molar-refractivity contribution is 0.624. The van der Waals surface area contributed by atoms with Crippen LogP contribution in [0.5, 0.6) is 0 Å². The van der Waals surface area contributed by atoms with Gasteiger partial charge in [0, 0.05) is 9.04 Å². The molecule has 0 aromatic heterocycles. The molecule has 0 saturated heterocycles. The van der Waals surface area contributed by atoms with Gasteiger partial charge in [0.15, 0.2) is 0 Å². The van der Waals surface area contributed by atoms with Crippen LogP contribution in [0.1, 0.15) is 45.4 Å². The van der Waals surface area contributed by atoms with Crippen LogP contribution < -0.4 is 0 Å². The molecule has 0 fully saturated rings. The van der Waals surface area contributed by atoms with E-state index in [1.54, 1.807) is 28.6 Å². The van der Waals surface area contributed by atoms with Gasteiger partial charge in [0.1, 0.15) is 0 Å². The Morgan fingerprint density at radius 1 is 1.00 bits per heavy atom. The fourth-order valence-electron chi connectivity index (χ4n) is 1.38. The third-order valence-corrected chi connectivity index (χ3v) is 13.9. The zero-order valence-corrected chi connectivity index (χ0v) is 13.2. The molecule has 11 heavy (non-hydrogen) atoms. The van der Waals surface area contributed by atoms with Gasteiger partial charge in [0.05, 0.1) is 0 Å². The van der Waals surface area contributed by atoms with E-state index in [9.17, 15) is 0 Å². The Bertz CT molecular complexity index is 58.4. The summed E-state index contributed by atoms with van der Waals surface area (Å²) >= 11 is 0. The Labute approximate surface area is 79.2 Å². The third kappa shape index (κ3) is 10.7. The second-order valence-electron chi connectivity index (χ2n) is 3.47. The second kappa shape index (κ2) is 10.7. The van der Waals surface area contributed by atoms with Gasteiger partial charge in [-0.3, -0.25) is 0 Å². The molecule has 0 amide bonds. The minimum atomic E-state index is 0.583. The van der Waals surface area contributed by atoms with Crippen LogP contribution in [-0.4, -0.2) is 27.4 Å². The van der Waals surface area contributed by atoms with Gasteiger partial charge in [-0.15, -0.1) is 0 Å². The van der Waals surface area contributed by atoms with Crippen LogP contribution in [0.2, 0.25) is 6.04 Å². The van der Waals surface area contributed by atoms with Crippen LogP contribution in [0.4, 0.5) is 0 Å². The van der Waals surface area contributed by atoms with Crippen molar-refractivity contribution in [3.05, 3.63) is 0 Å². The summed E-state index contributed by atoms with van der Waals surface area (Å²) in [6.07, 6.45) is 9.00. The van der Waals surface area contributed by atoms with Gasteiger partial charge in [0.25, 0.3) is 0 Å². The molecule has 0 aliphatic carbocycles. The number of rotatable bonds is 8. The molecule has 3 heteroatoms. The maximum Gasteiger partial charge on any atom is 0.00460 e. The van der Waals surface area contributed by atoms with Gasteiger partial charge in [-0.1, -0.05) is 51.5 Å². The standard InChI is InChI=1S/C8H24Si3/c1-2-3-4-5-6-7-8-10-11-9/h2-8,10-11H2,1,9H3. The highest BCUT2D eigenvalue weighted by molar-refractivity contribution is 7.23. The predicted octanol–water partition coefficient (Wildman–Crippen LogP) is 0.298. The molecule has 0 bridgehead atoms. The van der Waals surface area contributed by atoms with E-state index >= 15 is 0 Å². The maximum atomic E-state index is 2.29. The summed E-state index contributed by atoms with van der Waals surface area (Å²) < 4.78 is 0. The van der Waals surface area contributed by atoms with Gasteiger partial charge in [-0.25, -0.2) is 0 Å². The summed E-state index contributed by atoms with van der Waals surface area (Å²) in [7, 11) is 2.84. The Kier molecular flexibility index (Phi) is 11.3. The smallest absolute Gasteiger partial charge is 0.00460 e. The van der Waals surface area contributed by atoms with Gasteiger partial charge in [-0.2, -0.15) is 0 Å². The van der Waals surface area contributed by atoms with Gasteiger partial charge in [0.2, 0.25) is 0 Å². The van der Waals surface area contributed by atoms with Gasteiger partial charge >= 0.3 is 0 Å². The summed E-state index contributed by atoms with van der Waals surface area (Å²) in [6, 6.07) is 1.70. The van der Waals surface area contributed by atoms with Crippen LogP contribution in [0.15, 0.2) is 0 Å². The van der Waals surface area contributed by atoms with Crippen molar-refractivity contribution in [1.29, 1.82) is 0 Å². The molecule has 0 aliphatic heterocycles. The molecular weight excluding hydrogens is 180 g/mol. The quantitative estimate of drug-likeness (QED) is 0.394. The lowest BCUT2D eigenvalue weighted by Gasteiger charge is -1.98. The van der Waals surface area contributed by atoms with E-state index in [2.05, 4.69) is 6.92 Å². The normalized spacial score (nSPS) is 12.8. The van der Waals surface area contributed by atoms with Crippen LogP contribution >= 0.6 is 0 Å². The molecule has 0 unspecified atom stereocenters. The zero-order chi connectivity index (χ0) is 8.36. The van der Waals surface area contributed by atoms with E-state index in [1.807, 2.05) is 0 Å². The second-order valence-corrected chi connectivity index (χ2v) is 20.0.